The Morgan fingerprint density at radius 2 is 1.88 bits per heavy atom. The maximum Gasteiger partial charge on any atom is 0.243 e. The zero-order chi connectivity index (χ0) is 18.6. The number of piperidine rings is 1. The normalized spacial score (nSPS) is 18.0. The van der Waals surface area contributed by atoms with Crippen LogP contribution in [0.2, 0.25) is 0 Å². The fourth-order valence-corrected chi connectivity index (χ4v) is 4.75. The van der Waals surface area contributed by atoms with Crippen LogP contribution in [0.3, 0.4) is 0 Å². The summed E-state index contributed by atoms with van der Waals surface area (Å²) in [6.07, 6.45) is 1.98. The number of nitrogens with one attached hydrogen (secondary N) is 1. The van der Waals surface area contributed by atoms with Crippen molar-refractivity contribution in [3.8, 4) is 6.07 Å². The number of carbonyl (C=O) groups excluding carboxylic acids is 1. The lowest BCUT2D eigenvalue weighted by Gasteiger charge is -2.33. The molecular weight excluding hydrogens is 350 g/mol. The summed E-state index contributed by atoms with van der Waals surface area (Å²) in [6, 6.07) is 16.0. The maximum atomic E-state index is 13.0. The minimum absolute atomic E-state index is 0.186. The van der Waals surface area contributed by atoms with Crippen molar-refractivity contribution < 1.29 is 13.2 Å². The summed E-state index contributed by atoms with van der Waals surface area (Å²) in [5.41, 5.74) is 0.914. The molecular formula is C19H19N3O3S. The number of anilines is 1. The highest BCUT2D eigenvalue weighted by atomic mass is 32.2. The van der Waals surface area contributed by atoms with E-state index in [1.165, 1.54) is 16.4 Å². The molecule has 0 unspecified atom stereocenters. The molecule has 0 aliphatic carbocycles. The van der Waals surface area contributed by atoms with E-state index in [0.717, 1.165) is 12.8 Å². The largest absolute Gasteiger partial charge is 0.325 e. The summed E-state index contributed by atoms with van der Waals surface area (Å²) in [6.45, 7) is 0.313. The molecule has 1 aliphatic heterocycles. The number of carbonyl (C=O) groups is 1. The van der Waals surface area contributed by atoms with Gasteiger partial charge in [-0.2, -0.15) is 9.57 Å². The first kappa shape index (κ1) is 18.1. The Balaban J connectivity index is 1.85. The number of rotatable bonds is 4. The standard InChI is InChI=1S/C19H19N3O3S/c20-14-15-7-6-8-16(13-15)21-19(23)18-11-4-5-12-22(18)26(24,25)17-9-2-1-3-10-17/h1-3,6-10,13,18H,4-5,11-12H2,(H,21,23)/t18-/m0/s1. The summed E-state index contributed by atoms with van der Waals surface area (Å²) >= 11 is 0. The molecule has 1 aliphatic rings. The van der Waals surface area contributed by atoms with Crippen LogP contribution in [-0.2, 0) is 14.8 Å². The number of amides is 1. The summed E-state index contributed by atoms with van der Waals surface area (Å²) in [4.78, 5) is 12.9. The molecule has 1 saturated heterocycles. The van der Waals surface area contributed by atoms with Gasteiger partial charge in [-0.3, -0.25) is 4.79 Å². The molecule has 1 heterocycles. The van der Waals surface area contributed by atoms with Gasteiger partial charge in [0.1, 0.15) is 6.04 Å². The van der Waals surface area contributed by atoms with E-state index in [1.54, 1.807) is 42.5 Å². The fraction of sp³-hybridized carbons (Fsp3) is 0.263. The molecule has 0 bridgehead atoms. The van der Waals surface area contributed by atoms with Crippen LogP contribution in [0.4, 0.5) is 5.69 Å². The Morgan fingerprint density at radius 3 is 2.62 bits per heavy atom. The molecule has 2 aromatic carbocycles. The predicted octanol–water partition coefficient (Wildman–Crippen LogP) is 2.74. The second-order valence-electron chi connectivity index (χ2n) is 6.12. The number of nitrogens with zero attached hydrogens (tertiary/aromatic N) is 2. The molecule has 26 heavy (non-hydrogen) atoms. The molecule has 2 aromatic rings. The quantitative estimate of drug-likeness (QED) is 0.897. The third-order valence-corrected chi connectivity index (χ3v) is 6.29. The van der Waals surface area contributed by atoms with Crippen molar-refractivity contribution in [3.05, 3.63) is 60.2 Å². The second-order valence-corrected chi connectivity index (χ2v) is 8.01. The molecule has 1 fully saturated rings. The minimum Gasteiger partial charge on any atom is -0.325 e. The molecule has 1 N–H and O–H groups in total. The van der Waals surface area contributed by atoms with Gasteiger partial charge in [0.2, 0.25) is 15.9 Å². The summed E-state index contributed by atoms with van der Waals surface area (Å²) < 4.78 is 27.2. The fourth-order valence-electron chi connectivity index (χ4n) is 3.07. The lowest BCUT2D eigenvalue weighted by atomic mass is 10.0. The average molecular weight is 369 g/mol. The summed E-state index contributed by atoms with van der Waals surface area (Å²) in [7, 11) is -3.74. The van der Waals surface area contributed by atoms with E-state index in [2.05, 4.69) is 5.32 Å². The highest BCUT2D eigenvalue weighted by Crippen LogP contribution is 2.26. The van der Waals surface area contributed by atoms with Gasteiger partial charge in [0.05, 0.1) is 16.5 Å². The van der Waals surface area contributed by atoms with Gasteiger partial charge in [-0.1, -0.05) is 30.7 Å². The van der Waals surface area contributed by atoms with Crippen molar-refractivity contribution in [1.29, 1.82) is 5.26 Å². The molecule has 0 radical (unpaired) electrons. The third kappa shape index (κ3) is 3.77. The van der Waals surface area contributed by atoms with Crippen molar-refractivity contribution in [2.45, 2.75) is 30.2 Å². The van der Waals surface area contributed by atoms with Gasteiger partial charge in [0.15, 0.2) is 0 Å². The van der Waals surface area contributed by atoms with E-state index in [9.17, 15) is 13.2 Å². The highest BCUT2D eigenvalue weighted by Gasteiger charge is 2.37. The van der Waals surface area contributed by atoms with Crippen molar-refractivity contribution in [2.24, 2.45) is 0 Å². The molecule has 3 rings (SSSR count). The highest BCUT2D eigenvalue weighted by molar-refractivity contribution is 7.89. The molecule has 7 heteroatoms. The minimum atomic E-state index is -3.74. The van der Waals surface area contributed by atoms with E-state index >= 15 is 0 Å². The number of nitriles is 1. The van der Waals surface area contributed by atoms with Gasteiger partial charge in [0, 0.05) is 12.2 Å². The Labute approximate surface area is 153 Å². The molecule has 0 saturated carbocycles. The summed E-state index contributed by atoms with van der Waals surface area (Å²) in [5.74, 6) is -0.376. The Kier molecular flexibility index (Phi) is 5.35. The molecule has 1 amide bonds. The monoisotopic (exact) mass is 369 g/mol. The summed E-state index contributed by atoms with van der Waals surface area (Å²) in [5, 5.41) is 11.7. The Morgan fingerprint density at radius 1 is 1.12 bits per heavy atom. The molecule has 0 aromatic heterocycles. The van der Waals surface area contributed by atoms with E-state index in [4.69, 9.17) is 5.26 Å². The lowest BCUT2D eigenvalue weighted by molar-refractivity contribution is -0.120. The van der Waals surface area contributed by atoms with Gasteiger partial charge in [-0.05, 0) is 43.2 Å². The van der Waals surface area contributed by atoms with E-state index in [0.29, 0.717) is 24.2 Å². The predicted molar refractivity (Wildman–Crippen MR) is 97.8 cm³/mol. The molecule has 0 spiro atoms. The SMILES string of the molecule is N#Cc1cccc(NC(=O)[C@@H]2CCCCN2S(=O)(=O)c2ccccc2)c1. The first-order valence-electron chi connectivity index (χ1n) is 8.40. The number of hydrogen-bond donors (Lipinski definition) is 1. The number of sulfonamides is 1. The Bertz CT molecular complexity index is 936. The van der Waals surface area contributed by atoms with Crippen LogP contribution in [0.5, 0.6) is 0 Å². The topological polar surface area (TPSA) is 90.3 Å². The molecule has 1 atom stereocenters. The van der Waals surface area contributed by atoms with E-state index < -0.39 is 16.1 Å². The van der Waals surface area contributed by atoms with Gasteiger partial charge < -0.3 is 5.32 Å². The second kappa shape index (κ2) is 7.68. The van der Waals surface area contributed by atoms with Gasteiger partial charge in [-0.15, -0.1) is 0 Å². The van der Waals surface area contributed by atoms with Gasteiger partial charge in [0.25, 0.3) is 0 Å². The Hall–Kier alpha value is -2.69. The van der Waals surface area contributed by atoms with Crippen LogP contribution < -0.4 is 5.32 Å². The molecule has 6 nitrogen and oxygen atoms in total. The average Bonchev–Trinajstić information content (AvgIpc) is 2.68. The van der Waals surface area contributed by atoms with Crippen LogP contribution in [0, 0.1) is 11.3 Å². The third-order valence-electron chi connectivity index (χ3n) is 4.37. The van der Waals surface area contributed by atoms with Crippen LogP contribution >= 0.6 is 0 Å². The number of benzene rings is 2. The van der Waals surface area contributed by atoms with Gasteiger partial charge in [-0.25, -0.2) is 8.42 Å². The zero-order valence-corrected chi connectivity index (χ0v) is 14.9. The number of hydrogen-bond acceptors (Lipinski definition) is 4. The van der Waals surface area contributed by atoms with Crippen LogP contribution in [0.15, 0.2) is 59.5 Å². The van der Waals surface area contributed by atoms with Crippen LogP contribution in [-0.4, -0.2) is 31.2 Å². The maximum absolute atomic E-state index is 13.0. The molecule has 134 valence electrons. The zero-order valence-electron chi connectivity index (χ0n) is 14.1. The lowest BCUT2D eigenvalue weighted by Crippen LogP contribution is -2.49. The van der Waals surface area contributed by atoms with E-state index in [1.807, 2.05) is 6.07 Å². The van der Waals surface area contributed by atoms with Gasteiger partial charge >= 0.3 is 0 Å². The van der Waals surface area contributed by atoms with Crippen molar-refractivity contribution >= 4 is 21.6 Å². The van der Waals surface area contributed by atoms with Crippen LogP contribution in [0.1, 0.15) is 24.8 Å². The van der Waals surface area contributed by atoms with Crippen molar-refractivity contribution in [2.75, 3.05) is 11.9 Å². The van der Waals surface area contributed by atoms with E-state index in [-0.39, 0.29) is 10.8 Å². The van der Waals surface area contributed by atoms with Crippen LogP contribution in [0.25, 0.3) is 0 Å². The van der Waals surface area contributed by atoms with Crippen molar-refractivity contribution in [3.63, 3.8) is 0 Å². The van der Waals surface area contributed by atoms with Crippen molar-refractivity contribution in [1.82, 2.24) is 4.31 Å². The first-order valence-corrected chi connectivity index (χ1v) is 9.84. The first-order chi connectivity index (χ1) is 12.5. The smallest absolute Gasteiger partial charge is 0.243 e.